The van der Waals surface area contributed by atoms with Crippen LogP contribution in [0.2, 0.25) is 0 Å². The van der Waals surface area contributed by atoms with E-state index in [1.807, 2.05) is 30.3 Å². The minimum atomic E-state index is -4.10. The van der Waals surface area contributed by atoms with Gasteiger partial charge in [0.05, 0.1) is 0 Å². The van der Waals surface area contributed by atoms with Crippen molar-refractivity contribution in [3.05, 3.63) is 90.0 Å². The molecule has 3 aromatic carbocycles. The Hall–Kier alpha value is -3.65. The molecule has 1 fully saturated rings. The SMILES string of the molecule is O=C(NCc1ccccc1)c1cccc(OS(=O)(=O)c2ccc(N3CCCC3=O)cc2)c1. The second kappa shape index (κ2) is 9.23. The van der Waals surface area contributed by atoms with Crippen LogP contribution in [0.1, 0.15) is 28.8 Å². The summed E-state index contributed by atoms with van der Waals surface area (Å²) in [7, 11) is -4.10. The number of nitrogens with one attached hydrogen (secondary N) is 1. The second-order valence-electron chi connectivity index (χ2n) is 7.38. The van der Waals surface area contributed by atoms with E-state index in [4.69, 9.17) is 4.18 Å². The molecule has 0 unspecified atom stereocenters. The predicted molar refractivity (Wildman–Crippen MR) is 120 cm³/mol. The molecular weight excluding hydrogens is 428 g/mol. The van der Waals surface area contributed by atoms with Crippen LogP contribution in [-0.4, -0.2) is 26.8 Å². The predicted octanol–water partition coefficient (Wildman–Crippen LogP) is 3.51. The molecule has 0 saturated carbocycles. The van der Waals surface area contributed by atoms with Crippen molar-refractivity contribution in [1.29, 1.82) is 0 Å². The number of hydrogen-bond donors (Lipinski definition) is 1. The van der Waals surface area contributed by atoms with E-state index in [1.54, 1.807) is 29.2 Å². The van der Waals surface area contributed by atoms with E-state index < -0.39 is 10.1 Å². The summed E-state index contributed by atoms with van der Waals surface area (Å²) in [5.74, 6) is -0.272. The zero-order valence-corrected chi connectivity index (χ0v) is 18.0. The van der Waals surface area contributed by atoms with E-state index in [0.717, 1.165) is 12.0 Å². The number of benzene rings is 3. The Balaban J connectivity index is 1.44. The Morgan fingerprint density at radius 2 is 1.72 bits per heavy atom. The zero-order chi connectivity index (χ0) is 22.6. The van der Waals surface area contributed by atoms with Gasteiger partial charge in [-0.1, -0.05) is 36.4 Å². The van der Waals surface area contributed by atoms with Crippen molar-refractivity contribution in [2.45, 2.75) is 24.3 Å². The Morgan fingerprint density at radius 1 is 0.969 bits per heavy atom. The van der Waals surface area contributed by atoms with Gasteiger partial charge in [0, 0.05) is 30.8 Å². The van der Waals surface area contributed by atoms with Gasteiger partial charge in [0.1, 0.15) is 10.6 Å². The molecule has 164 valence electrons. The molecule has 0 radical (unpaired) electrons. The normalized spacial score (nSPS) is 13.8. The molecule has 0 bridgehead atoms. The van der Waals surface area contributed by atoms with Crippen molar-refractivity contribution < 1.29 is 22.2 Å². The topological polar surface area (TPSA) is 92.8 Å². The summed E-state index contributed by atoms with van der Waals surface area (Å²) in [6, 6.07) is 21.5. The lowest BCUT2D eigenvalue weighted by molar-refractivity contribution is -0.117. The molecule has 0 aliphatic carbocycles. The van der Waals surface area contributed by atoms with Gasteiger partial charge in [0.2, 0.25) is 5.91 Å². The molecule has 1 saturated heterocycles. The number of carbonyl (C=O) groups is 2. The largest absolute Gasteiger partial charge is 0.379 e. The summed E-state index contributed by atoms with van der Waals surface area (Å²) in [5, 5.41) is 2.80. The van der Waals surface area contributed by atoms with Crippen LogP contribution in [0.5, 0.6) is 5.75 Å². The Labute approximate surface area is 186 Å². The van der Waals surface area contributed by atoms with E-state index in [0.29, 0.717) is 25.2 Å². The average Bonchev–Trinajstić information content (AvgIpc) is 3.24. The molecule has 0 atom stereocenters. The number of rotatable bonds is 7. The highest BCUT2D eigenvalue weighted by Crippen LogP contribution is 2.25. The molecule has 1 aliphatic heterocycles. The van der Waals surface area contributed by atoms with Crippen LogP contribution in [0, 0.1) is 0 Å². The van der Waals surface area contributed by atoms with Gasteiger partial charge in [-0.2, -0.15) is 8.42 Å². The molecular formula is C24H22N2O5S. The highest BCUT2D eigenvalue weighted by atomic mass is 32.2. The summed E-state index contributed by atoms with van der Waals surface area (Å²) < 4.78 is 30.6. The van der Waals surface area contributed by atoms with Gasteiger partial charge in [-0.05, 0) is 54.4 Å². The van der Waals surface area contributed by atoms with Gasteiger partial charge in [-0.15, -0.1) is 0 Å². The molecule has 4 rings (SSSR count). The lowest BCUT2D eigenvalue weighted by atomic mass is 10.2. The first-order valence-electron chi connectivity index (χ1n) is 10.2. The molecule has 8 heteroatoms. The number of nitrogens with zero attached hydrogens (tertiary/aromatic N) is 1. The molecule has 3 aromatic rings. The molecule has 7 nitrogen and oxygen atoms in total. The lowest BCUT2D eigenvalue weighted by Crippen LogP contribution is -2.23. The fourth-order valence-corrected chi connectivity index (χ4v) is 4.38. The fourth-order valence-electron chi connectivity index (χ4n) is 3.46. The Kier molecular flexibility index (Phi) is 6.23. The number of hydrogen-bond acceptors (Lipinski definition) is 5. The van der Waals surface area contributed by atoms with Crippen LogP contribution in [0.15, 0.2) is 83.8 Å². The third kappa shape index (κ3) is 4.97. The van der Waals surface area contributed by atoms with E-state index in [-0.39, 0.29) is 28.0 Å². The maximum absolute atomic E-state index is 12.7. The number of amides is 2. The summed E-state index contributed by atoms with van der Waals surface area (Å²) in [6.07, 6.45) is 1.29. The maximum atomic E-state index is 12.7. The molecule has 0 aromatic heterocycles. The molecule has 0 spiro atoms. The summed E-state index contributed by atoms with van der Waals surface area (Å²) in [5.41, 5.74) is 1.90. The van der Waals surface area contributed by atoms with Crippen molar-refractivity contribution in [2.24, 2.45) is 0 Å². The lowest BCUT2D eigenvalue weighted by Gasteiger charge is -2.16. The van der Waals surface area contributed by atoms with Crippen molar-refractivity contribution in [3.8, 4) is 5.75 Å². The first-order valence-corrected chi connectivity index (χ1v) is 11.6. The monoisotopic (exact) mass is 450 g/mol. The van der Waals surface area contributed by atoms with Crippen LogP contribution in [0.4, 0.5) is 5.69 Å². The van der Waals surface area contributed by atoms with E-state index in [2.05, 4.69) is 5.32 Å². The molecule has 1 N–H and O–H groups in total. The molecule has 1 heterocycles. The maximum Gasteiger partial charge on any atom is 0.339 e. The van der Waals surface area contributed by atoms with Gasteiger partial charge >= 0.3 is 10.1 Å². The van der Waals surface area contributed by atoms with Crippen LogP contribution < -0.4 is 14.4 Å². The molecule has 1 aliphatic rings. The van der Waals surface area contributed by atoms with Crippen LogP contribution in [0.25, 0.3) is 0 Å². The highest BCUT2D eigenvalue weighted by molar-refractivity contribution is 7.87. The molecule has 2 amide bonds. The third-order valence-electron chi connectivity index (χ3n) is 5.11. The van der Waals surface area contributed by atoms with E-state index in [1.165, 1.54) is 24.3 Å². The Bertz CT molecular complexity index is 1220. The number of carbonyl (C=O) groups excluding carboxylic acids is 2. The fraction of sp³-hybridized carbons (Fsp3) is 0.167. The first-order chi connectivity index (χ1) is 15.4. The van der Waals surface area contributed by atoms with Gasteiger partial charge < -0.3 is 14.4 Å². The van der Waals surface area contributed by atoms with Crippen molar-refractivity contribution in [1.82, 2.24) is 5.32 Å². The second-order valence-corrected chi connectivity index (χ2v) is 8.92. The third-order valence-corrected chi connectivity index (χ3v) is 6.37. The van der Waals surface area contributed by atoms with Gasteiger partial charge in [0.25, 0.3) is 5.91 Å². The minimum absolute atomic E-state index is 0.0270. The van der Waals surface area contributed by atoms with Crippen LogP contribution >= 0.6 is 0 Å². The van der Waals surface area contributed by atoms with Gasteiger partial charge in [-0.3, -0.25) is 9.59 Å². The summed E-state index contributed by atoms with van der Waals surface area (Å²) >= 11 is 0. The highest BCUT2D eigenvalue weighted by Gasteiger charge is 2.23. The Morgan fingerprint density at radius 3 is 2.41 bits per heavy atom. The first kappa shape index (κ1) is 21.6. The number of anilines is 1. The minimum Gasteiger partial charge on any atom is -0.379 e. The van der Waals surface area contributed by atoms with Gasteiger partial charge in [-0.25, -0.2) is 0 Å². The smallest absolute Gasteiger partial charge is 0.339 e. The summed E-state index contributed by atoms with van der Waals surface area (Å²) in [6.45, 7) is 0.982. The molecule has 32 heavy (non-hydrogen) atoms. The van der Waals surface area contributed by atoms with Gasteiger partial charge in [0.15, 0.2) is 0 Å². The van der Waals surface area contributed by atoms with Crippen LogP contribution in [-0.2, 0) is 21.5 Å². The van der Waals surface area contributed by atoms with E-state index in [9.17, 15) is 18.0 Å². The van der Waals surface area contributed by atoms with E-state index >= 15 is 0 Å². The quantitative estimate of drug-likeness (QED) is 0.556. The summed E-state index contributed by atoms with van der Waals surface area (Å²) in [4.78, 5) is 25.9. The van der Waals surface area contributed by atoms with Crippen molar-refractivity contribution in [2.75, 3.05) is 11.4 Å². The van der Waals surface area contributed by atoms with Crippen LogP contribution in [0.3, 0.4) is 0 Å². The van der Waals surface area contributed by atoms with Crippen molar-refractivity contribution >= 4 is 27.6 Å². The van der Waals surface area contributed by atoms with Crippen molar-refractivity contribution in [3.63, 3.8) is 0 Å². The average molecular weight is 451 g/mol. The zero-order valence-electron chi connectivity index (χ0n) is 17.2. The standard InChI is InChI=1S/C24H22N2O5S/c27-23-10-5-15-26(23)20-11-13-22(14-12-20)32(29,30)31-21-9-4-8-19(16-21)24(28)25-17-18-6-2-1-3-7-18/h1-4,6-9,11-14,16H,5,10,15,17H2,(H,25,28).